The van der Waals surface area contributed by atoms with Gasteiger partial charge in [0.05, 0.1) is 10.6 Å². The smallest absolute Gasteiger partial charge is 0.264 e. The Bertz CT molecular complexity index is 1680. The number of hydrogen-bond donors (Lipinski definition) is 1. The van der Waals surface area contributed by atoms with Crippen LogP contribution < -0.4 is 9.62 Å². The molecule has 0 saturated heterocycles. The van der Waals surface area contributed by atoms with E-state index in [0.29, 0.717) is 22.8 Å². The van der Waals surface area contributed by atoms with Gasteiger partial charge in [0, 0.05) is 24.5 Å². The standard InChI is InChI=1S/C35H38ClN3O4S/c1-4-22-37-35(41)33(23-28-15-7-5-8-16-28)38(24-29-17-11-12-20-31(29)36)34(40)25-39(32-21-13-14-26(2)27(32)3)44(42,43)30-18-9-6-10-19-30/h5-21,33H,4,22-25H2,1-3H3,(H,37,41)/t33-/m1/s1. The Kier molecular flexibility index (Phi) is 11.2. The predicted molar refractivity (Wildman–Crippen MR) is 176 cm³/mol. The van der Waals surface area contributed by atoms with Gasteiger partial charge >= 0.3 is 0 Å². The van der Waals surface area contributed by atoms with Crippen LogP contribution in [0.5, 0.6) is 0 Å². The molecular weight excluding hydrogens is 594 g/mol. The molecule has 0 aromatic heterocycles. The van der Waals surface area contributed by atoms with Gasteiger partial charge in [-0.1, -0.05) is 97.4 Å². The lowest BCUT2D eigenvalue weighted by Gasteiger charge is -2.34. The van der Waals surface area contributed by atoms with E-state index in [0.717, 1.165) is 27.4 Å². The van der Waals surface area contributed by atoms with Gasteiger partial charge in [0.2, 0.25) is 11.8 Å². The molecule has 0 aliphatic heterocycles. The van der Waals surface area contributed by atoms with Crippen LogP contribution in [0.25, 0.3) is 0 Å². The highest BCUT2D eigenvalue weighted by Crippen LogP contribution is 2.29. The summed E-state index contributed by atoms with van der Waals surface area (Å²) in [5.74, 6) is -0.849. The molecule has 44 heavy (non-hydrogen) atoms. The van der Waals surface area contributed by atoms with E-state index in [2.05, 4.69) is 5.32 Å². The molecule has 0 spiro atoms. The largest absolute Gasteiger partial charge is 0.354 e. The minimum absolute atomic E-state index is 0.0155. The van der Waals surface area contributed by atoms with E-state index in [1.165, 1.54) is 17.0 Å². The molecule has 0 saturated carbocycles. The molecule has 0 aliphatic rings. The Labute approximate surface area is 265 Å². The number of carbonyl (C=O) groups is 2. The first-order valence-corrected chi connectivity index (χ1v) is 16.4. The zero-order valence-corrected chi connectivity index (χ0v) is 26.8. The molecule has 0 heterocycles. The van der Waals surface area contributed by atoms with Crippen LogP contribution in [0.2, 0.25) is 5.02 Å². The van der Waals surface area contributed by atoms with Gasteiger partial charge in [-0.15, -0.1) is 0 Å². The quantitative estimate of drug-likeness (QED) is 0.187. The zero-order chi connectivity index (χ0) is 31.7. The third kappa shape index (κ3) is 7.87. The lowest BCUT2D eigenvalue weighted by atomic mass is 10.0. The number of nitrogens with zero attached hydrogens (tertiary/aromatic N) is 2. The maximum absolute atomic E-state index is 14.5. The third-order valence-electron chi connectivity index (χ3n) is 7.57. The average Bonchev–Trinajstić information content (AvgIpc) is 3.03. The van der Waals surface area contributed by atoms with E-state index in [1.54, 1.807) is 48.5 Å². The van der Waals surface area contributed by atoms with Gasteiger partial charge in [-0.2, -0.15) is 0 Å². The lowest BCUT2D eigenvalue weighted by Crippen LogP contribution is -2.53. The van der Waals surface area contributed by atoms with Crippen molar-refractivity contribution in [2.75, 3.05) is 17.4 Å². The first-order valence-electron chi connectivity index (χ1n) is 14.6. The van der Waals surface area contributed by atoms with E-state index >= 15 is 0 Å². The first-order chi connectivity index (χ1) is 21.1. The van der Waals surface area contributed by atoms with Crippen LogP contribution in [0.15, 0.2) is 108 Å². The van der Waals surface area contributed by atoms with Gasteiger partial charge in [0.1, 0.15) is 12.6 Å². The highest BCUT2D eigenvalue weighted by Gasteiger charge is 2.35. The van der Waals surface area contributed by atoms with Crippen molar-refractivity contribution in [1.82, 2.24) is 10.2 Å². The molecule has 2 amide bonds. The predicted octanol–water partition coefficient (Wildman–Crippen LogP) is 6.32. The minimum Gasteiger partial charge on any atom is -0.354 e. The fraction of sp³-hybridized carbons (Fsp3) is 0.257. The van der Waals surface area contributed by atoms with Crippen LogP contribution in [0.3, 0.4) is 0 Å². The summed E-state index contributed by atoms with van der Waals surface area (Å²) in [6, 6.07) is 29.1. The molecule has 0 aliphatic carbocycles. The van der Waals surface area contributed by atoms with Crippen LogP contribution in [-0.2, 0) is 32.6 Å². The van der Waals surface area contributed by atoms with E-state index in [1.807, 2.05) is 63.2 Å². The number of halogens is 1. The number of nitrogens with one attached hydrogen (secondary N) is 1. The van der Waals surface area contributed by atoms with Gasteiger partial charge in [-0.05, 0) is 66.8 Å². The molecule has 7 nitrogen and oxygen atoms in total. The molecule has 0 fully saturated rings. The molecule has 4 aromatic carbocycles. The van der Waals surface area contributed by atoms with Gasteiger partial charge < -0.3 is 10.2 Å². The van der Waals surface area contributed by atoms with Crippen molar-refractivity contribution in [1.29, 1.82) is 0 Å². The molecular formula is C35H38ClN3O4S. The topological polar surface area (TPSA) is 86.8 Å². The molecule has 0 bridgehead atoms. The molecule has 9 heteroatoms. The van der Waals surface area contributed by atoms with Crippen molar-refractivity contribution in [2.45, 2.75) is 51.1 Å². The molecule has 1 atom stereocenters. The van der Waals surface area contributed by atoms with E-state index in [9.17, 15) is 18.0 Å². The van der Waals surface area contributed by atoms with Gasteiger partial charge in [0.25, 0.3) is 10.0 Å². The van der Waals surface area contributed by atoms with E-state index in [-0.39, 0.29) is 23.8 Å². The Balaban J connectivity index is 1.83. The molecule has 4 aromatic rings. The van der Waals surface area contributed by atoms with E-state index < -0.39 is 28.5 Å². The molecule has 0 radical (unpaired) electrons. The van der Waals surface area contributed by atoms with Crippen molar-refractivity contribution in [2.24, 2.45) is 0 Å². The van der Waals surface area contributed by atoms with E-state index in [4.69, 9.17) is 11.6 Å². The van der Waals surface area contributed by atoms with Crippen LogP contribution in [0.4, 0.5) is 5.69 Å². The summed E-state index contributed by atoms with van der Waals surface area (Å²) in [4.78, 5) is 29.8. The lowest BCUT2D eigenvalue weighted by molar-refractivity contribution is -0.140. The maximum Gasteiger partial charge on any atom is 0.264 e. The second-order valence-electron chi connectivity index (χ2n) is 10.7. The Morgan fingerprint density at radius 2 is 1.48 bits per heavy atom. The summed E-state index contributed by atoms with van der Waals surface area (Å²) in [5.41, 5.74) is 3.53. The highest BCUT2D eigenvalue weighted by molar-refractivity contribution is 7.92. The third-order valence-corrected chi connectivity index (χ3v) is 9.72. The second kappa shape index (κ2) is 15.0. The fourth-order valence-corrected chi connectivity index (χ4v) is 6.66. The SMILES string of the molecule is CCCNC(=O)[C@@H](Cc1ccccc1)N(Cc1ccccc1Cl)C(=O)CN(c1cccc(C)c1C)S(=O)(=O)c1ccccc1. The summed E-state index contributed by atoms with van der Waals surface area (Å²) in [5, 5.41) is 3.39. The Morgan fingerprint density at radius 1 is 0.841 bits per heavy atom. The van der Waals surface area contributed by atoms with Gasteiger partial charge in [-0.3, -0.25) is 13.9 Å². The zero-order valence-electron chi connectivity index (χ0n) is 25.2. The minimum atomic E-state index is -4.16. The number of amides is 2. The van der Waals surface area contributed by atoms with Crippen LogP contribution >= 0.6 is 11.6 Å². The summed E-state index contributed by atoms with van der Waals surface area (Å²) in [6.07, 6.45) is 0.958. The summed E-state index contributed by atoms with van der Waals surface area (Å²) < 4.78 is 29.5. The number of aryl methyl sites for hydroxylation is 1. The Morgan fingerprint density at radius 3 is 2.14 bits per heavy atom. The average molecular weight is 632 g/mol. The number of anilines is 1. The van der Waals surface area contributed by atoms with Crippen molar-refractivity contribution in [3.05, 3.63) is 130 Å². The number of hydrogen-bond acceptors (Lipinski definition) is 4. The molecule has 0 unspecified atom stereocenters. The van der Waals surface area contributed by atoms with Crippen molar-refractivity contribution < 1.29 is 18.0 Å². The summed E-state index contributed by atoms with van der Waals surface area (Å²) in [6.45, 7) is 5.62. The van der Waals surface area contributed by atoms with Crippen LogP contribution in [0, 0.1) is 13.8 Å². The normalized spacial score (nSPS) is 11.9. The number of benzene rings is 4. The summed E-state index contributed by atoms with van der Waals surface area (Å²) >= 11 is 6.55. The van der Waals surface area contributed by atoms with Gasteiger partial charge in [0.15, 0.2) is 0 Å². The highest BCUT2D eigenvalue weighted by atomic mass is 35.5. The molecule has 1 N–H and O–H groups in total. The first kappa shape index (κ1) is 32.8. The molecule has 4 rings (SSSR count). The maximum atomic E-state index is 14.5. The fourth-order valence-electron chi connectivity index (χ4n) is 4.97. The van der Waals surface area contributed by atoms with Crippen LogP contribution in [0.1, 0.15) is 35.6 Å². The molecule has 230 valence electrons. The number of sulfonamides is 1. The van der Waals surface area contributed by atoms with Crippen LogP contribution in [-0.4, -0.2) is 44.3 Å². The van der Waals surface area contributed by atoms with Crippen molar-refractivity contribution in [3.63, 3.8) is 0 Å². The van der Waals surface area contributed by atoms with Crippen molar-refractivity contribution in [3.8, 4) is 0 Å². The Hall–Kier alpha value is -4.14. The number of carbonyl (C=O) groups excluding carboxylic acids is 2. The number of rotatable bonds is 13. The van der Waals surface area contributed by atoms with Gasteiger partial charge in [-0.25, -0.2) is 8.42 Å². The summed E-state index contributed by atoms with van der Waals surface area (Å²) in [7, 11) is -4.16. The van der Waals surface area contributed by atoms with Crippen molar-refractivity contribution >= 4 is 39.1 Å². The second-order valence-corrected chi connectivity index (χ2v) is 12.9. The monoisotopic (exact) mass is 631 g/mol.